The van der Waals surface area contributed by atoms with E-state index in [1.807, 2.05) is 32.6 Å². The van der Waals surface area contributed by atoms with E-state index >= 15 is 0 Å². The lowest BCUT2D eigenvalue weighted by atomic mass is 9.98. The lowest BCUT2D eigenvalue weighted by Gasteiger charge is -2.14. The van der Waals surface area contributed by atoms with Gasteiger partial charge in [-0.05, 0) is 82.1 Å². The summed E-state index contributed by atoms with van der Waals surface area (Å²) >= 11 is 4.51. The van der Waals surface area contributed by atoms with Crippen molar-refractivity contribution < 1.29 is 38.7 Å². The summed E-state index contributed by atoms with van der Waals surface area (Å²) in [6.45, 7) is 7.08. The second-order valence-electron chi connectivity index (χ2n) is 8.40. The molecule has 8 nitrogen and oxygen atoms in total. The number of aromatic hydroxyl groups is 2. The minimum Gasteiger partial charge on any atom is -0.508 e. The van der Waals surface area contributed by atoms with Gasteiger partial charge in [-0.15, -0.1) is 23.5 Å². The first-order valence-corrected chi connectivity index (χ1v) is 16.2. The van der Waals surface area contributed by atoms with Crippen LogP contribution in [0.15, 0.2) is 45.2 Å². The zero-order valence-corrected chi connectivity index (χ0v) is 28.3. The maximum atomic E-state index is 11.3. The van der Waals surface area contributed by atoms with Crippen LogP contribution < -0.4 is 18.9 Å². The Morgan fingerprint density at radius 3 is 1.63 bits per heavy atom. The van der Waals surface area contributed by atoms with Gasteiger partial charge in [0.1, 0.15) is 11.5 Å². The van der Waals surface area contributed by atoms with Crippen LogP contribution in [0.5, 0.6) is 34.5 Å². The maximum absolute atomic E-state index is 11.3. The standard InChI is InChI=1S/C10H14O3S.C9H12O3.C9H10O2S.C2H6S/c1-6-5-7(11)10(14-4)9(13-3)8(6)12-2;1-6-4-7(10)5-8(11-2)9(6)12-3;1-5-4-7(10)9(12-3)6(2)8(5)11;1-3-2/h5,11H,1-4H3;4-5,10H,1-3H3;4H,1-3H3;1-2H3. The molecule has 0 spiro atoms. The smallest absolute Gasteiger partial charge is 0.192 e. The molecule has 228 valence electrons. The Labute approximate surface area is 256 Å². The van der Waals surface area contributed by atoms with E-state index in [-0.39, 0.29) is 23.1 Å². The molecular weight excluding hydrogens is 585 g/mol. The van der Waals surface area contributed by atoms with Crippen molar-refractivity contribution in [2.75, 3.05) is 53.5 Å². The molecule has 0 fully saturated rings. The van der Waals surface area contributed by atoms with Gasteiger partial charge in [0.15, 0.2) is 34.6 Å². The van der Waals surface area contributed by atoms with Crippen molar-refractivity contribution in [2.45, 2.75) is 32.6 Å². The number of methoxy groups -OCH3 is 4. The molecule has 0 heterocycles. The van der Waals surface area contributed by atoms with Crippen LogP contribution in [0.4, 0.5) is 0 Å². The third-order valence-electron chi connectivity index (χ3n) is 5.43. The average molecular weight is 627 g/mol. The van der Waals surface area contributed by atoms with Crippen LogP contribution in [-0.2, 0) is 9.59 Å². The Balaban J connectivity index is 0.000000559. The SMILES string of the molecule is COc1c(C)cc(O)c(SC)c1OC.COc1cc(O)cc(C)c1OC.CSC.CSC1=C(C)C(=O)C(C)=CC1=O. The summed E-state index contributed by atoms with van der Waals surface area (Å²) in [5.41, 5.74) is 2.83. The number of hydrogen-bond acceptors (Lipinski definition) is 11. The van der Waals surface area contributed by atoms with E-state index in [0.29, 0.717) is 43.9 Å². The Bertz CT molecular complexity index is 1220. The van der Waals surface area contributed by atoms with Gasteiger partial charge in [0.25, 0.3) is 0 Å². The number of Topliss-reactive ketones (excluding diaryl/α,β-unsaturated/α-hetero) is 1. The largest absolute Gasteiger partial charge is 0.508 e. The lowest BCUT2D eigenvalue weighted by molar-refractivity contribution is -0.115. The van der Waals surface area contributed by atoms with Crippen LogP contribution in [0, 0.1) is 13.8 Å². The number of allylic oxidation sites excluding steroid dienone is 4. The fourth-order valence-electron chi connectivity index (χ4n) is 3.67. The molecule has 0 saturated carbocycles. The van der Waals surface area contributed by atoms with Crippen LogP contribution in [0.2, 0.25) is 0 Å². The average Bonchev–Trinajstić information content (AvgIpc) is 2.92. The summed E-state index contributed by atoms with van der Waals surface area (Å²) in [6.07, 6.45) is 9.17. The summed E-state index contributed by atoms with van der Waals surface area (Å²) < 4.78 is 20.5. The van der Waals surface area contributed by atoms with Crippen molar-refractivity contribution in [1.29, 1.82) is 0 Å². The molecule has 0 bridgehead atoms. The quantitative estimate of drug-likeness (QED) is 0.259. The van der Waals surface area contributed by atoms with Gasteiger partial charge < -0.3 is 29.2 Å². The molecule has 2 N–H and O–H groups in total. The van der Waals surface area contributed by atoms with Crippen LogP contribution in [0.1, 0.15) is 25.0 Å². The normalized spacial score (nSPS) is 12.0. The van der Waals surface area contributed by atoms with Gasteiger partial charge in [-0.2, -0.15) is 11.8 Å². The number of aryl methyl sites for hydroxylation is 2. The highest BCUT2D eigenvalue weighted by Crippen LogP contribution is 2.44. The van der Waals surface area contributed by atoms with E-state index in [1.54, 1.807) is 65.3 Å². The molecule has 0 aromatic heterocycles. The van der Waals surface area contributed by atoms with Crippen molar-refractivity contribution in [2.24, 2.45) is 0 Å². The molecule has 2 aromatic rings. The molecule has 0 unspecified atom stereocenters. The topological polar surface area (TPSA) is 112 Å². The van der Waals surface area contributed by atoms with Gasteiger partial charge in [-0.3, -0.25) is 9.59 Å². The molecule has 11 heteroatoms. The van der Waals surface area contributed by atoms with Crippen molar-refractivity contribution >= 4 is 46.9 Å². The van der Waals surface area contributed by atoms with Gasteiger partial charge in [0, 0.05) is 17.2 Å². The second kappa shape index (κ2) is 19.3. The lowest BCUT2D eigenvalue weighted by Crippen LogP contribution is -2.14. The Hall–Kier alpha value is -2.89. The van der Waals surface area contributed by atoms with Crippen molar-refractivity contribution in [1.82, 2.24) is 0 Å². The molecule has 1 aliphatic rings. The number of phenols is 2. The molecule has 41 heavy (non-hydrogen) atoms. The van der Waals surface area contributed by atoms with E-state index in [4.69, 9.17) is 18.9 Å². The third kappa shape index (κ3) is 10.8. The summed E-state index contributed by atoms with van der Waals surface area (Å²) in [7, 11) is 6.26. The van der Waals surface area contributed by atoms with Crippen LogP contribution >= 0.6 is 35.3 Å². The number of rotatable bonds is 6. The Morgan fingerprint density at radius 2 is 1.20 bits per heavy atom. The van der Waals surface area contributed by atoms with Crippen LogP contribution in [0.25, 0.3) is 0 Å². The maximum Gasteiger partial charge on any atom is 0.192 e. The molecule has 0 amide bonds. The van der Waals surface area contributed by atoms with Gasteiger partial charge in [0.2, 0.25) is 0 Å². The number of thioether (sulfide) groups is 3. The molecule has 2 aromatic carbocycles. The van der Waals surface area contributed by atoms with E-state index in [1.165, 1.54) is 42.8 Å². The van der Waals surface area contributed by atoms with Gasteiger partial charge >= 0.3 is 0 Å². The van der Waals surface area contributed by atoms with Crippen LogP contribution in [-0.4, -0.2) is 75.2 Å². The van der Waals surface area contributed by atoms with Gasteiger partial charge in [0.05, 0.1) is 38.2 Å². The molecule has 1 aliphatic carbocycles. The molecule has 0 saturated heterocycles. The Kier molecular flexibility index (Phi) is 17.9. The first-order chi connectivity index (χ1) is 19.3. The zero-order chi connectivity index (χ0) is 31.9. The first kappa shape index (κ1) is 38.1. The zero-order valence-electron chi connectivity index (χ0n) is 25.9. The highest BCUT2D eigenvalue weighted by atomic mass is 32.2. The monoisotopic (exact) mass is 626 g/mol. The minimum atomic E-state index is -0.0444. The highest BCUT2D eigenvalue weighted by Gasteiger charge is 2.22. The highest BCUT2D eigenvalue weighted by molar-refractivity contribution is 8.03. The number of phenolic OH excluding ortho intramolecular Hbond substituents is 2. The predicted octanol–water partition coefficient (Wildman–Crippen LogP) is 6.86. The number of ether oxygens (including phenoxy) is 4. The molecule has 0 atom stereocenters. The van der Waals surface area contributed by atoms with E-state index in [0.717, 1.165) is 11.1 Å². The summed E-state index contributed by atoms with van der Waals surface area (Å²) in [6, 6.07) is 4.82. The van der Waals surface area contributed by atoms with E-state index in [9.17, 15) is 19.8 Å². The predicted molar refractivity (Wildman–Crippen MR) is 173 cm³/mol. The second-order valence-corrected chi connectivity index (χ2v) is 10.8. The van der Waals surface area contributed by atoms with Gasteiger partial charge in [-0.25, -0.2) is 0 Å². The number of carbonyl (C=O) groups excluding carboxylic acids is 2. The Morgan fingerprint density at radius 1 is 0.683 bits per heavy atom. The number of ketones is 2. The summed E-state index contributed by atoms with van der Waals surface area (Å²) in [5.74, 6) is 2.84. The molecular formula is C30H42O8S3. The first-order valence-electron chi connectivity index (χ1n) is 12.2. The molecule has 0 radical (unpaired) electrons. The van der Waals surface area contributed by atoms with Crippen LogP contribution in [0.3, 0.4) is 0 Å². The summed E-state index contributed by atoms with van der Waals surface area (Å²) in [5, 5.41) is 18.9. The van der Waals surface area contributed by atoms with Gasteiger partial charge in [-0.1, -0.05) is 0 Å². The fourth-order valence-corrected chi connectivity index (χ4v) is 4.96. The minimum absolute atomic E-state index is 0.0149. The number of benzene rings is 2. The van der Waals surface area contributed by atoms with E-state index < -0.39 is 0 Å². The molecule has 0 aliphatic heterocycles. The van der Waals surface area contributed by atoms with E-state index in [2.05, 4.69) is 0 Å². The summed E-state index contributed by atoms with van der Waals surface area (Å²) in [4.78, 5) is 23.9. The van der Waals surface area contributed by atoms with Crippen molar-refractivity contribution in [3.8, 4) is 34.5 Å². The fraction of sp³-hybridized carbons (Fsp3) is 0.400. The third-order valence-corrected chi connectivity index (χ3v) is 7.15. The van der Waals surface area contributed by atoms with Crippen molar-refractivity contribution in [3.63, 3.8) is 0 Å². The van der Waals surface area contributed by atoms with Crippen molar-refractivity contribution in [3.05, 3.63) is 51.5 Å². The molecule has 3 rings (SSSR count). The number of carbonyl (C=O) groups is 2. The number of hydrogen-bond donors (Lipinski definition) is 2.